The van der Waals surface area contributed by atoms with Crippen LogP contribution in [0, 0.1) is 5.92 Å². The summed E-state index contributed by atoms with van der Waals surface area (Å²) >= 11 is 0. The van der Waals surface area contributed by atoms with Crippen molar-refractivity contribution < 1.29 is 0 Å². The van der Waals surface area contributed by atoms with Crippen LogP contribution in [0.3, 0.4) is 0 Å². The second kappa shape index (κ2) is 9.83. The first-order valence-corrected chi connectivity index (χ1v) is 5.92. The molecule has 13 heavy (non-hydrogen) atoms. The van der Waals surface area contributed by atoms with Crippen LogP contribution in [0.15, 0.2) is 12.2 Å². The fourth-order valence-corrected chi connectivity index (χ4v) is 1.37. The summed E-state index contributed by atoms with van der Waals surface area (Å²) in [5.74, 6) is 0.879. The topological polar surface area (TPSA) is 0 Å². The van der Waals surface area contributed by atoms with Gasteiger partial charge in [0.15, 0.2) is 0 Å². The summed E-state index contributed by atoms with van der Waals surface area (Å²) in [7, 11) is 0. The first kappa shape index (κ1) is 12.7. The highest BCUT2D eigenvalue weighted by Crippen LogP contribution is 2.08. The van der Waals surface area contributed by atoms with Gasteiger partial charge in [0.2, 0.25) is 0 Å². The molecule has 0 aliphatic carbocycles. The third kappa shape index (κ3) is 11.7. The molecule has 0 radical (unpaired) electrons. The van der Waals surface area contributed by atoms with Crippen LogP contribution < -0.4 is 0 Å². The zero-order valence-electron chi connectivity index (χ0n) is 9.68. The maximum absolute atomic E-state index is 2.36. The van der Waals surface area contributed by atoms with Crippen LogP contribution in [0.4, 0.5) is 0 Å². The molecule has 78 valence electrons. The SMILES string of the molecule is CCCCC=CCCCCC(C)C. The Morgan fingerprint density at radius 2 is 1.54 bits per heavy atom. The molecule has 0 saturated heterocycles. The number of rotatable bonds is 8. The number of unbranched alkanes of at least 4 members (excludes halogenated alkanes) is 4. The van der Waals surface area contributed by atoms with Crippen LogP contribution in [0.5, 0.6) is 0 Å². The fourth-order valence-electron chi connectivity index (χ4n) is 1.37. The van der Waals surface area contributed by atoms with Crippen LogP contribution >= 0.6 is 0 Å². The highest BCUT2D eigenvalue weighted by molar-refractivity contribution is 4.81. The van der Waals surface area contributed by atoms with Crippen molar-refractivity contribution in [3.8, 4) is 0 Å². The van der Waals surface area contributed by atoms with Crippen molar-refractivity contribution in [3.05, 3.63) is 12.2 Å². The maximum atomic E-state index is 2.36. The number of hydrogen-bond donors (Lipinski definition) is 0. The molecule has 0 N–H and O–H groups in total. The minimum Gasteiger partial charge on any atom is -0.0885 e. The van der Waals surface area contributed by atoms with Crippen LogP contribution in [0.25, 0.3) is 0 Å². The van der Waals surface area contributed by atoms with Gasteiger partial charge in [-0.05, 0) is 25.2 Å². The van der Waals surface area contributed by atoms with E-state index in [1.807, 2.05) is 0 Å². The van der Waals surface area contributed by atoms with E-state index in [1.54, 1.807) is 0 Å². The summed E-state index contributed by atoms with van der Waals surface area (Å²) in [6, 6.07) is 0. The lowest BCUT2D eigenvalue weighted by atomic mass is 10.1. The Bertz CT molecular complexity index is 111. The van der Waals surface area contributed by atoms with Gasteiger partial charge < -0.3 is 0 Å². The lowest BCUT2D eigenvalue weighted by Crippen LogP contribution is -1.85. The van der Waals surface area contributed by atoms with Crippen LogP contribution in [-0.4, -0.2) is 0 Å². The summed E-state index contributed by atoms with van der Waals surface area (Å²) in [6.45, 7) is 6.85. The summed E-state index contributed by atoms with van der Waals surface area (Å²) in [6.07, 6.45) is 14.1. The zero-order chi connectivity index (χ0) is 9.94. The Kier molecular flexibility index (Phi) is 9.63. The molecule has 0 heterocycles. The number of hydrogen-bond acceptors (Lipinski definition) is 0. The summed E-state index contributed by atoms with van der Waals surface area (Å²) in [5, 5.41) is 0. The first-order chi connectivity index (χ1) is 6.27. The summed E-state index contributed by atoms with van der Waals surface area (Å²) < 4.78 is 0. The second-order valence-electron chi connectivity index (χ2n) is 4.29. The van der Waals surface area contributed by atoms with Crippen molar-refractivity contribution in [1.29, 1.82) is 0 Å². The molecule has 0 nitrogen and oxygen atoms in total. The molecule has 0 atom stereocenters. The highest BCUT2D eigenvalue weighted by Gasteiger charge is 1.91. The van der Waals surface area contributed by atoms with Crippen molar-refractivity contribution in [2.45, 2.75) is 65.7 Å². The lowest BCUT2D eigenvalue weighted by molar-refractivity contribution is 0.540. The van der Waals surface area contributed by atoms with Gasteiger partial charge in [-0.25, -0.2) is 0 Å². The van der Waals surface area contributed by atoms with E-state index in [0.717, 1.165) is 5.92 Å². The predicted octanol–water partition coefficient (Wildman–Crippen LogP) is 4.95. The Hall–Kier alpha value is -0.260. The third-order valence-electron chi connectivity index (χ3n) is 2.29. The van der Waals surface area contributed by atoms with Gasteiger partial charge in [-0.1, -0.05) is 58.6 Å². The first-order valence-electron chi connectivity index (χ1n) is 5.92. The Morgan fingerprint density at radius 3 is 2.08 bits per heavy atom. The molecule has 0 saturated carbocycles. The van der Waals surface area contributed by atoms with Gasteiger partial charge in [-0.3, -0.25) is 0 Å². The Morgan fingerprint density at radius 1 is 0.923 bits per heavy atom. The van der Waals surface area contributed by atoms with Crippen LogP contribution in [0.1, 0.15) is 65.7 Å². The molecule has 0 heteroatoms. The predicted molar refractivity (Wildman–Crippen MR) is 62.0 cm³/mol. The molecule has 0 spiro atoms. The van der Waals surface area contributed by atoms with Crippen molar-refractivity contribution in [1.82, 2.24) is 0 Å². The maximum Gasteiger partial charge on any atom is -0.0351 e. The normalized spacial score (nSPS) is 11.7. The standard InChI is InChI=1S/C13H26/c1-4-5-6-7-8-9-10-11-12-13(2)3/h7-8,13H,4-6,9-12H2,1-3H3. The fraction of sp³-hybridized carbons (Fsp3) is 0.846. The monoisotopic (exact) mass is 182 g/mol. The van der Waals surface area contributed by atoms with E-state index in [0.29, 0.717) is 0 Å². The minimum atomic E-state index is 0.879. The molecule has 0 bridgehead atoms. The summed E-state index contributed by atoms with van der Waals surface area (Å²) in [5.41, 5.74) is 0. The molecule has 0 fully saturated rings. The van der Waals surface area contributed by atoms with Crippen molar-refractivity contribution in [3.63, 3.8) is 0 Å². The van der Waals surface area contributed by atoms with Gasteiger partial charge in [0.05, 0.1) is 0 Å². The van der Waals surface area contributed by atoms with Gasteiger partial charge in [0.1, 0.15) is 0 Å². The molecular weight excluding hydrogens is 156 g/mol. The lowest BCUT2D eigenvalue weighted by Gasteiger charge is -2.01. The van der Waals surface area contributed by atoms with Gasteiger partial charge in [-0.2, -0.15) is 0 Å². The van der Waals surface area contributed by atoms with Gasteiger partial charge in [-0.15, -0.1) is 0 Å². The molecule has 0 aliphatic heterocycles. The molecule has 0 aromatic heterocycles. The average Bonchev–Trinajstić information content (AvgIpc) is 2.09. The highest BCUT2D eigenvalue weighted by atomic mass is 14.0. The number of allylic oxidation sites excluding steroid dienone is 2. The van der Waals surface area contributed by atoms with E-state index in [-0.39, 0.29) is 0 Å². The van der Waals surface area contributed by atoms with E-state index in [9.17, 15) is 0 Å². The van der Waals surface area contributed by atoms with E-state index in [1.165, 1.54) is 44.9 Å². The van der Waals surface area contributed by atoms with Crippen LogP contribution in [0.2, 0.25) is 0 Å². The molecule has 0 amide bonds. The van der Waals surface area contributed by atoms with Gasteiger partial charge in [0, 0.05) is 0 Å². The summed E-state index contributed by atoms with van der Waals surface area (Å²) in [4.78, 5) is 0. The van der Waals surface area contributed by atoms with Crippen LogP contribution in [-0.2, 0) is 0 Å². The molecule has 0 aromatic rings. The minimum absolute atomic E-state index is 0.879. The van der Waals surface area contributed by atoms with Gasteiger partial charge in [0.25, 0.3) is 0 Å². The van der Waals surface area contributed by atoms with E-state index in [2.05, 4.69) is 32.9 Å². The molecule has 0 unspecified atom stereocenters. The van der Waals surface area contributed by atoms with E-state index in [4.69, 9.17) is 0 Å². The van der Waals surface area contributed by atoms with Crippen molar-refractivity contribution in [2.75, 3.05) is 0 Å². The average molecular weight is 182 g/mol. The zero-order valence-corrected chi connectivity index (χ0v) is 9.68. The quantitative estimate of drug-likeness (QED) is 0.368. The van der Waals surface area contributed by atoms with E-state index < -0.39 is 0 Å². The largest absolute Gasteiger partial charge is 0.0885 e. The second-order valence-corrected chi connectivity index (χ2v) is 4.29. The Labute approximate surface area is 84.4 Å². The molecule has 0 aromatic carbocycles. The smallest absolute Gasteiger partial charge is 0.0351 e. The molecular formula is C13H26. The van der Waals surface area contributed by atoms with E-state index >= 15 is 0 Å². The van der Waals surface area contributed by atoms with Crippen molar-refractivity contribution in [2.24, 2.45) is 5.92 Å². The van der Waals surface area contributed by atoms with Gasteiger partial charge >= 0.3 is 0 Å². The van der Waals surface area contributed by atoms with Crippen molar-refractivity contribution >= 4 is 0 Å². The third-order valence-corrected chi connectivity index (χ3v) is 2.29. The molecule has 0 rings (SSSR count). The Balaban J connectivity index is 3.02. The molecule has 0 aliphatic rings.